The monoisotopic (exact) mass is 248 g/mol. The quantitative estimate of drug-likeness (QED) is 0.817. The first-order chi connectivity index (χ1) is 8.63. The van der Waals surface area contributed by atoms with Crippen LogP contribution in [-0.4, -0.2) is 31.2 Å². The highest BCUT2D eigenvalue weighted by atomic mass is 16.5. The lowest BCUT2D eigenvalue weighted by Gasteiger charge is -2.27. The summed E-state index contributed by atoms with van der Waals surface area (Å²) in [7, 11) is 0. The van der Waals surface area contributed by atoms with E-state index in [0.29, 0.717) is 19.2 Å². The fourth-order valence-electron chi connectivity index (χ4n) is 2.44. The fourth-order valence-corrected chi connectivity index (χ4v) is 2.44. The van der Waals surface area contributed by atoms with Crippen LogP contribution in [0.3, 0.4) is 0 Å². The van der Waals surface area contributed by atoms with Crippen LogP contribution in [-0.2, 0) is 16.0 Å². The zero-order valence-electron chi connectivity index (χ0n) is 10.9. The summed E-state index contributed by atoms with van der Waals surface area (Å²) in [5.74, 6) is -0.325. The molecule has 4 heteroatoms. The number of anilines is 1. The van der Waals surface area contributed by atoms with Gasteiger partial charge in [0.1, 0.15) is 6.04 Å². The first-order valence-electron chi connectivity index (χ1n) is 6.40. The molecule has 1 aromatic rings. The van der Waals surface area contributed by atoms with Gasteiger partial charge in [-0.15, -0.1) is 0 Å². The first kappa shape index (κ1) is 12.9. The molecule has 0 saturated heterocycles. The fraction of sp³-hybridized carbons (Fsp3) is 0.500. The smallest absolute Gasteiger partial charge is 0.324 e. The van der Waals surface area contributed by atoms with Crippen molar-refractivity contribution in [3.8, 4) is 0 Å². The van der Waals surface area contributed by atoms with Gasteiger partial charge in [0.05, 0.1) is 6.61 Å². The van der Waals surface area contributed by atoms with E-state index in [1.807, 2.05) is 12.1 Å². The number of hydrogen-bond donors (Lipinski definition) is 1. The Kier molecular flexibility index (Phi) is 3.87. The summed E-state index contributed by atoms with van der Waals surface area (Å²) >= 11 is 0. The van der Waals surface area contributed by atoms with E-state index in [1.54, 1.807) is 6.92 Å². The third-order valence-corrected chi connectivity index (χ3v) is 3.33. The van der Waals surface area contributed by atoms with Crippen molar-refractivity contribution in [2.75, 3.05) is 18.1 Å². The van der Waals surface area contributed by atoms with Crippen LogP contribution >= 0.6 is 0 Å². The lowest BCUT2D eigenvalue weighted by molar-refractivity contribution is -0.144. The summed E-state index contributed by atoms with van der Waals surface area (Å²) in [6, 6.07) is 8.06. The first-order valence-corrected chi connectivity index (χ1v) is 6.40. The maximum absolute atomic E-state index is 11.6. The van der Waals surface area contributed by atoms with Crippen molar-refractivity contribution in [2.24, 2.45) is 5.73 Å². The van der Waals surface area contributed by atoms with Gasteiger partial charge in [0.15, 0.2) is 0 Å². The molecule has 98 valence electrons. The molecule has 0 fully saturated rings. The van der Waals surface area contributed by atoms with Crippen molar-refractivity contribution in [1.82, 2.24) is 0 Å². The Balaban J connectivity index is 2.08. The zero-order chi connectivity index (χ0) is 13.1. The number of hydrogen-bond acceptors (Lipinski definition) is 4. The summed E-state index contributed by atoms with van der Waals surface area (Å²) < 4.78 is 4.95. The number of benzene rings is 1. The summed E-state index contributed by atoms with van der Waals surface area (Å²) in [6.45, 7) is 4.83. The van der Waals surface area contributed by atoms with Gasteiger partial charge in [-0.25, -0.2) is 0 Å². The molecule has 1 heterocycles. The molecule has 0 amide bonds. The van der Waals surface area contributed by atoms with Crippen molar-refractivity contribution in [2.45, 2.75) is 32.4 Å². The lowest BCUT2D eigenvalue weighted by atomic mass is 10.1. The molecular weight excluding hydrogens is 228 g/mol. The van der Waals surface area contributed by atoms with Crippen LogP contribution in [0.1, 0.15) is 19.4 Å². The van der Waals surface area contributed by atoms with Gasteiger partial charge in [-0.1, -0.05) is 18.2 Å². The average Bonchev–Trinajstić information content (AvgIpc) is 2.66. The zero-order valence-corrected chi connectivity index (χ0v) is 10.9. The highest BCUT2D eigenvalue weighted by Gasteiger charge is 2.28. The topological polar surface area (TPSA) is 55.6 Å². The van der Waals surface area contributed by atoms with Gasteiger partial charge < -0.3 is 15.4 Å². The largest absolute Gasteiger partial charge is 0.465 e. The molecule has 4 nitrogen and oxygen atoms in total. The number of ether oxygens (including phenoxy) is 1. The number of rotatable bonds is 4. The Hall–Kier alpha value is -1.55. The standard InChI is InChI=1S/C14H20N2O2/c1-3-18-14(17)12(15)9-16-10(2)8-11-6-4-5-7-13(11)16/h4-7,10,12H,3,8-9,15H2,1-2H3. The van der Waals surface area contributed by atoms with Gasteiger partial charge in [-0.2, -0.15) is 0 Å². The van der Waals surface area contributed by atoms with E-state index in [4.69, 9.17) is 10.5 Å². The number of para-hydroxylation sites is 1. The van der Waals surface area contributed by atoms with Crippen molar-refractivity contribution in [3.63, 3.8) is 0 Å². The van der Waals surface area contributed by atoms with E-state index < -0.39 is 6.04 Å². The van der Waals surface area contributed by atoms with Gasteiger partial charge in [0.25, 0.3) is 0 Å². The van der Waals surface area contributed by atoms with Crippen molar-refractivity contribution in [3.05, 3.63) is 29.8 Å². The summed E-state index contributed by atoms with van der Waals surface area (Å²) in [6.07, 6.45) is 1.01. The minimum Gasteiger partial charge on any atom is -0.465 e. The second-order valence-electron chi connectivity index (χ2n) is 4.69. The average molecular weight is 248 g/mol. The van der Waals surface area contributed by atoms with E-state index in [1.165, 1.54) is 11.3 Å². The number of esters is 1. The molecule has 1 aromatic carbocycles. The van der Waals surface area contributed by atoms with Crippen molar-refractivity contribution >= 4 is 11.7 Å². The van der Waals surface area contributed by atoms with Gasteiger partial charge in [0.2, 0.25) is 0 Å². The Morgan fingerprint density at radius 1 is 1.56 bits per heavy atom. The number of carbonyl (C=O) groups excluding carboxylic acids is 1. The predicted octanol–water partition coefficient (Wildman–Crippen LogP) is 1.33. The van der Waals surface area contributed by atoms with Gasteiger partial charge in [0, 0.05) is 18.3 Å². The summed E-state index contributed by atoms with van der Waals surface area (Å²) in [5.41, 5.74) is 8.39. The molecule has 2 rings (SSSR count). The van der Waals surface area contributed by atoms with E-state index in [2.05, 4.69) is 24.0 Å². The lowest BCUT2D eigenvalue weighted by Crippen LogP contribution is -2.45. The molecular formula is C14H20N2O2. The second-order valence-corrected chi connectivity index (χ2v) is 4.69. The minimum absolute atomic E-state index is 0.325. The molecule has 0 radical (unpaired) electrons. The number of carbonyl (C=O) groups is 1. The second kappa shape index (κ2) is 5.40. The van der Waals surface area contributed by atoms with Gasteiger partial charge in [-0.05, 0) is 31.9 Å². The van der Waals surface area contributed by atoms with Gasteiger partial charge >= 0.3 is 5.97 Å². The number of fused-ring (bicyclic) bond motifs is 1. The molecule has 0 saturated carbocycles. The third kappa shape index (κ3) is 2.48. The Morgan fingerprint density at radius 3 is 3.00 bits per heavy atom. The Bertz CT molecular complexity index is 434. The molecule has 2 N–H and O–H groups in total. The van der Waals surface area contributed by atoms with Crippen LogP contribution in [0.5, 0.6) is 0 Å². The molecule has 2 atom stereocenters. The highest BCUT2D eigenvalue weighted by molar-refractivity contribution is 5.76. The molecule has 0 aliphatic carbocycles. The predicted molar refractivity (Wildman–Crippen MR) is 71.6 cm³/mol. The van der Waals surface area contributed by atoms with Crippen LogP contribution in [0.25, 0.3) is 0 Å². The third-order valence-electron chi connectivity index (χ3n) is 3.33. The minimum atomic E-state index is -0.585. The Labute approximate surface area is 108 Å². The molecule has 1 aliphatic heterocycles. The molecule has 0 aromatic heterocycles. The summed E-state index contributed by atoms with van der Waals surface area (Å²) in [4.78, 5) is 13.8. The maximum atomic E-state index is 11.6. The number of nitrogens with zero attached hydrogens (tertiary/aromatic N) is 1. The van der Waals surface area contributed by atoms with Crippen LogP contribution in [0.15, 0.2) is 24.3 Å². The summed E-state index contributed by atoms with van der Waals surface area (Å²) in [5, 5.41) is 0. The van der Waals surface area contributed by atoms with E-state index in [9.17, 15) is 4.79 Å². The van der Waals surface area contributed by atoms with E-state index in [-0.39, 0.29) is 5.97 Å². The number of nitrogens with two attached hydrogens (primary N) is 1. The molecule has 0 bridgehead atoms. The molecule has 1 aliphatic rings. The SMILES string of the molecule is CCOC(=O)C(N)CN1c2ccccc2CC1C. The van der Waals surface area contributed by atoms with Crippen LogP contribution in [0.2, 0.25) is 0 Å². The van der Waals surface area contributed by atoms with Crippen molar-refractivity contribution in [1.29, 1.82) is 0 Å². The van der Waals surface area contributed by atoms with E-state index >= 15 is 0 Å². The van der Waals surface area contributed by atoms with Crippen LogP contribution in [0, 0.1) is 0 Å². The molecule has 2 unspecified atom stereocenters. The van der Waals surface area contributed by atoms with Crippen LogP contribution < -0.4 is 10.6 Å². The van der Waals surface area contributed by atoms with Crippen LogP contribution in [0.4, 0.5) is 5.69 Å². The molecule has 0 spiro atoms. The maximum Gasteiger partial charge on any atom is 0.324 e. The normalized spacial score (nSPS) is 19.5. The van der Waals surface area contributed by atoms with E-state index in [0.717, 1.165) is 6.42 Å². The van der Waals surface area contributed by atoms with Crippen molar-refractivity contribution < 1.29 is 9.53 Å². The Morgan fingerprint density at radius 2 is 2.28 bits per heavy atom. The molecule has 18 heavy (non-hydrogen) atoms. The highest BCUT2D eigenvalue weighted by Crippen LogP contribution is 2.31. The van der Waals surface area contributed by atoms with Gasteiger partial charge in [-0.3, -0.25) is 4.79 Å².